The van der Waals surface area contributed by atoms with Crippen LogP contribution in [0.1, 0.15) is 23.7 Å². The van der Waals surface area contributed by atoms with Gasteiger partial charge in [-0.2, -0.15) is 0 Å². The number of halogens is 1. The summed E-state index contributed by atoms with van der Waals surface area (Å²) >= 11 is 0. The Bertz CT molecular complexity index is 542. The lowest BCUT2D eigenvalue weighted by Gasteiger charge is -2.21. The molecule has 1 atom stereocenters. The first-order chi connectivity index (χ1) is 9.72. The van der Waals surface area contributed by atoms with Crippen LogP contribution in [0.2, 0.25) is 0 Å². The van der Waals surface area contributed by atoms with Gasteiger partial charge in [-0.15, -0.1) is 0 Å². The van der Waals surface area contributed by atoms with Crippen LogP contribution in [-0.4, -0.2) is 13.6 Å². The Balaban J connectivity index is 2.21. The highest BCUT2D eigenvalue weighted by Crippen LogP contribution is 2.28. The maximum atomic E-state index is 13.6. The van der Waals surface area contributed by atoms with Crippen molar-refractivity contribution in [3.63, 3.8) is 0 Å². The zero-order valence-electron chi connectivity index (χ0n) is 11.9. The summed E-state index contributed by atoms with van der Waals surface area (Å²) in [4.78, 5) is 0. The van der Waals surface area contributed by atoms with Crippen molar-refractivity contribution in [1.29, 1.82) is 0 Å². The predicted octanol–water partition coefficient (Wildman–Crippen LogP) is 3.86. The van der Waals surface area contributed by atoms with Crippen molar-refractivity contribution >= 4 is 0 Å². The van der Waals surface area contributed by atoms with Crippen LogP contribution < -0.4 is 10.1 Å². The van der Waals surface area contributed by atoms with Crippen LogP contribution in [0, 0.1) is 12.7 Å². The van der Waals surface area contributed by atoms with Crippen LogP contribution in [0.15, 0.2) is 48.5 Å². The molecule has 0 heterocycles. The summed E-state index contributed by atoms with van der Waals surface area (Å²) in [5, 5.41) is 3.13. The molecule has 0 spiro atoms. The Labute approximate surface area is 119 Å². The fourth-order valence-electron chi connectivity index (χ4n) is 2.11. The van der Waals surface area contributed by atoms with Crippen molar-refractivity contribution in [2.24, 2.45) is 0 Å². The molecule has 0 aliphatic heterocycles. The molecule has 2 nitrogen and oxygen atoms in total. The van der Waals surface area contributed by atoms with E-state index in [0.29, 0.717) is 11.3 Å². The number of ether oxygens (including phenoxy) is 1. The Morgan fingerprint density at radius 2 is 1.85 bits per heavy atom. The summed E-state index contributed by atoms with van der Waals surface area (Å²) in [6.07, 6.45) is 0.750. The van der Waals surface area contributed by atoms with Gasteiger partial charge in [0.2, 0.25) is 0 Å². The molecule has 106 valence electrons. The molecule has 2 rings (SSSR count). The van der Waals surface area contributed by atoms with E-state index in [2.05, 4.69) is 5.32 Å². The van der Waals surface area contributed by atoms with Gasteiger partial charge in [-0.05, 0) is 38.2 Å². The first kappa shape index (κ1) is 14.5. The van der Waals surface area contributed by atoms with Crippen LogP contribution in [0.25, 0.3) is 0 Å². The van der Waals surface area contributed by atoms with E-state index in [4.69, 9.17) is 4.74 Å². The summed E-state index contributed by atoms with van der Waals surface area (Å²) in [7, 11) is 1.91. The van der Waals surface area contributed by atoms with Crippen LogP contribution in [0.3, 0.4) is 0 Å². The van der Waals surface area contributed by atoms with Gasteiger partial charge in [0.25, 0.3) is 0 Å². The summed E-state index contributed by atoms with van der Waals surface area (Å²) in [5.74, 6) is 0.373. The minimum Gasteiger partial charge on any atom is -0.485 e. The first-order valence-electron chi connectivity index (χ1n) is 6.83. The molecule has 1 unspecified atom stereocenters. The van der Waals surface area contributed by atoms with Crippen LogP contribution in [0.4, 0.5) is 4.39 Å². The molecule has 2 aromatic carbocycles. The Morgan fingerprint density at radius 1 is 1.10 bits per heavy atom. The lowest BCUT2D eigenvalue weighted by molar-refractivity contribution is 0.192. The Kier molecular flexibility index (Phi) is 5.13. The maximum absolute atomic E-state index is 13.6. The average Bonchev–Trinajstić information content (AvgIpc) is 2.48. The van der Waals surface area contributed by atoms with Crippen molar-refractivity contribution in [2.45, 2.75) is 19.4 Å². The van der Waals surface area contributed by atoms with Gasteiger partial charge >= 0.3 is 0 Å². The van der Waals surface area contributed by atoms with Gasteiger partial charge in [0.15, 0.2) is 0 Å². The minimum atomic E-state index is -0.233. The summed E-state index contributed by atoms with van der Waals surface area (Å²) in [6.45, 7) is 2.58. The van der Waals surface area contributed by atoms with Gasteiger partial charge in [0, 0.05) is 12.0 Å². The van der Waals surface area contributed by atoms with Gasteiger partial charge in [-0.3, -0.25) is 0 Å². The van der Waals surface area contributed by atoms with Crippen LogP contribution in [0.5, 0.6) is 5.75 Å². The third kappa shape index (κ3) is 3.58. The first-order valence-corrected chi connectivity index (χ1v) is 6.83. The molecule has 0 radical (unpaired) electrons. The van der Waals surface area contributed by atoms with Crippen molar-refractivity contribution in [1.82, 2.24) is 5.32 Å². The molecule has 0 saturated heterocycles. The second kappa shape index (κ2) is 7.06. The number of nitrogens with one attached hydrogen (secondary N) is 1. The standard InChI is InChI=1S/C17H20FNO/c1-13-15(18)9-6-10-16(13)20-17(11-12-19-2)14-7-4-3-5-8-14/h3-10,17,19H,11-12H2,1-2H3. The number of hydrogen-bond acceptors (Lipinski definition) is 2. The van der Waals surface area contributed by atoms with Gasteiger partial charge < -0.3 is 10.1 Å². The third-order valence-corrected chi connectivity index (χ3v) is 3.32. The smallest absolute Gasteiger partial charge is 0.129 e. The van der Waals surface area contributed by atoms with E-state index in [0.717, 1.165) is 18.5 Å². The second-order valence-electron chi connectivity index (χ2n) is 4.77. The van der Waals surface area contributed by atoms with Crippen LogP contribution >= 0.6 is 0 Å². The molecular weight excluding hydrogens is 253 g/mol. The van der Waals surface area contributed by atoms with E-state index in [1.807, 2.05) is 43.4 Å². The predicted molar refractivity (Wildman–Crippen MR) is 79.5 cm³/mol. The highest BCUT2D eigenvalue weighted by Gasteiger charge is 2.15. The molecule has 0 fully saturated rings. The average molecular weight is 273 g/mol. The third-order valence-electron chi connectivity index (χ3n) is 3.32. The maximum Gasteiger partial charge on any atom is 0.129 e. The number of hydrogen-bond donors (Lipinski definition) is 1. The molecule has 1 N–H and O–H groups in total. The van der Waals surface area contributed by atoms with Crippen molar-refractivity contribution in [2.75, 3.05) is 13.6 Å². The molecule has 0 amide bonds. The van der Waals surface area contributed by atoms with Crippen molar-refractivity contribution in [3.8, 4) is 5.75 Å². The molecule has 0 bridgehead atoms. The van der Waals surface area contributed by atoms with Gasteiger partial charge in [0.05, 0.1) is 0 Å². The lowest BCUT2D eigenvalue weighted by Crippen LogP contribution is -2.16. The molecule has 2 aromatic rings. The lowest BCUT2D eigenvalue weighted by atomic mass is 10.1. The molecule has 20 heavy (non-hydrogen) atoms. The highest BCUT2D eigenvalue weighted by atomic mass is 19.1. The zero-order chi connectivity index (χ0) is 14.4. The second-order valence-corrected chi connectivity index (χ2v) is 4.77. The summed E-state index contributed by atoms with van der Waals surface area (Å²) < 4.78 is 19.6. The van der Waals surface area contributed by atoms with Gasteiger partial charge in [-0.25, -0.2) is 4.39 Å². The number of rotatable bonds is 6. The fourth-order valence-corrected chi connectivity index (χ4v) is 2.11. The largest absolute Gasteiger partial charge is 0.485 e. The Hall–Kier alpha value is -1.87. The molecule has 0 aliphatic rings. The number of benzene rings is 2. The van der Waals surface area contributed by atoms with Crippen molar-refractivity contribution in [3.05, 3.63) is 65.5 Å². The molecule has 0 aromatic heterocycles. The minimum absolute atomic E-state index is 0.0795. The monoisotopic (exact) mass is 273 g/mol. The van der Waals surface area contributed by atoms with E-state index in [-0.39, 0.29) is 11.9 Å². The Morgan fingerprint density at radius 3 is 2.55 bits per heavy atom. The summed E-state index contributed by atoms with van der Waals surface area (Å²) in [6, 6.07) is 15.0. The van der Waals surface area contributed by atoms with Crippen LogP contribution in [-0.2, 0) is 0 Å². The molecule has 3 heteroatoms. The molecular formula is C17H20FNO. The zero-order valence-corrected chi connectivity index (χ0v) is 11.9. The van der Waals surface area contributed by atoms with E-state index in [9.17, 15) is 4.39 Å². The van der Waals surface area contributed by atoms with E-state index in [1.165, 1.54) is 6.07 Å². The topological polar surface area (TPSA) is 21.3 Å². The van der Waals surface area contributed by atoms with Gasteiger partial charge in [0.1, 0.15) is 17.7 Å². The normalized spacial score (nSPS) is 12.2. The van der Waals surface area contributed by atoms with Crippen molar-refractivity contribution < 1.29 is 9.13 Å². The van der Waals surface area contributed by atoms with E-state index < -0.39 is 0 Å². The summed E-state index contributed by atoms with van der Waals surface area (Å²) in [5.41, 5.74) is 1.66. The quantitative estimate of drug-likeness (QED) is 0.862. The molecule has 0 saturated carbocycles. The SMILES string of the molecule is CNCCC(Oc1cccc(F)c1C)c1ccccc1. The highest BCUT2D eigenvalue weighted by molar-refractivity contribution is 5.34. The van der Waals surface area contributed by atoms with E-state index in [1.54, 1.807) is 13.0 Å². The van der Waals surface area contributed by atoms with Gasteiger partial charge in [-0.1, -0.05) is 36.4 Å². The van der Waals surface area contributed by atoms with E-state index >= 15 is 0 Å². The fraction of sp³-hybridized carbons (Fsp3) is 0.294. The molecule has 0 aliphatic carbocycles.